The summed E-state index contributed by atoms with van der Waals surface area (Å²) < 4.78 is 12.2. The summed E-state index contributed by atoms with van der Waals surface area (Å²) in [5.41, 5.74) is 3.51. The molecule has 0 atom stereocenters. The minimum absolute atomic E-state index is 0.0389. The van der Waals surface area contributed by atoms with Gasteiger partial charge in [0, 0.05) is 5.56 Å². The Morgan fingerprint density at radius 1 is 0.857 bits per heavy atom. The lowest BCUT2D eigenvalue weighted by atomic mass is 10.0. The van der Waals surface area contributed by atoms with Gasteiger partial charge in [0.2, 0.25) is 0 Å². The molecule has 0 aliphatic heterocycles. The zero-order chi connectivity index (χ0) is 19.8. The van der Waals surface area contributed by atoms with Crippen LogP contribution in [0.1, 0.15) is 34.0 Å². The van der Waals surface area contributed by atoms with Crippen molar-refractivity contribution in [2.24, 2.45) is 0 Å². The van der Waals surface area contributed by atoms with Gasteiger partial charge in [0.1, 0.15) is 24.7 Å². The number of Topliss-reactive ketones (excluding diaryl/α,β-unsaturated/α-hetero) is 1. The van der Waals surface area contributed by atoms with Gasteiger partial charge in [0.25, 0.3) is 0 Å². The number of ether oxygens (including phenoxy) is 2. The third-order valence-corrected chi connectivity index (χ3v) is 4.41. The molecule has 3 rings (SSSR count). The maximum absolute atomic E-state index is 12.2. The maximum atomic E-state index is 12.2. The van der Waals surface area contributed by atoms with Crippen molar-refractivity contribution in [3.63, 3.8) is 0 Å². The van der Waals surface area contributed by atoms with Gasteiger partial charge in [-0.05, 0) is 36.6 Å². The van der Waals surface area contributed by atoms with E-state index >= 15 is 0 Å². The summed E-state index contributed by atoms with van der Waals surface area (Å²) in [5, 5.41) is 0. The molecule has 3 aromatic rings. The van der Waals surface area contributed by atoms with Crippen LogP contribution >= 0.6 is 0 Å². The van der Waals surface area contributed by atoms with Crippen molar-refractivity contribution in [3.8, 4) is 11.5 Å². The number of hydrogen-bond donors (Lipinski definition) is 0. The Kier molecular flexibility index (Phi) is 6.64. The van der Waals surface area contributed by atoms with Crippen molar-refractivity contribution in [2.75, 3.05) is 0 Å². The highest BCUT2D eigenvalue weighted by molar-refractivity contribution is 5.97. The number of allylic oxidation sites excluding steroid dienone is 1. The fraction of sp³-hybridized carbons (Fsp3) is 0.160. The molecule has 3 nitrogen and oxygen atoms in total. The molecule has 3 aromatic carbocycles. The third-order valence-electron chi connectivity index (χ3n) is 4.41. The second kappa shape index (κ2) is 9.56. The average Bonchev–Trinajstić information content (AvgIpc) is 2.73. The number of carbonyl (C=O) groups is 1. The zero-order valence-corrected chi connectivity index (χ0v) is 16.1. The lowest BCUT2D eigenvalue weighted by Crippen LogP contribution is -2.07. The Morgan fingerprint density at radius 3 is 1.96 bits per heavy atom. The molecular weight excluding hydrogens is 348 g/mol. The number of carbonyl (C=O) groups excluding carboxylic acids is 1. The van der Waals surface area contributed by atoms with Crippen LogP contribution in [0, 0.1) is 0 Å². The molecule has 0 aliphatic carbocycles. The Labute approximate surface area is 166 Å². The summed E-state index contributed by atoms with van der Waals surface area (Å²) in [4.78, 5) is 12.2. The Morgan fingerprint density at radius 2 is 1.43 bits per heavy atom. The molecule has 0 radical (unpaired) electrons. The number of ketones is 1. The predicted molar refractivity (Wildman–Crippen MR) is 112 cm³/mol. The molecule has 0 saturated carbocycles. The highest BCUT2D eigenvalue weighted by Gasteiger charge is 2.18. The van der Waals surface area contributed by atoms with Crippen molar-refractivity contribution in [2.45, 2.75) is 26.6 Å². The summed E-state index contributed by atoms with van der Waals surface area (Å²) in [6.45, 7) is 6.23. The highest BCUT2D eigenvalue weighted by Crippen LogP contribution is 2.34. The van der Waals surface area contributed by atoms with Crippen molar-refractivity contribution in [1.82, 2.24) is 0 Å². The van der Waals surface area contributed by atoms with Crippen LogP contribution in [0.5, 0.6) is 11.5 Å². The molecule has 0 amide bonds. The van der Waals surface area contributed by atoms with E-state index in [1.807, 2.05) is 66.7 Å². The second-order valence-electron chi connectivity index (χ2n) is 6.52. The Bertz CT molecular complexity index is 931. The van der Waals surface area contributed by atoms with Gasteiger partial charge in [0.05, 0.1) is 5.56 Å². The highest BCUT2D eigenvalue weighted by atomic mass is 16.5. The van der Waals surface area contributed by atoms with E-state index in [9.17, 15) is 4.79 Å². The standard InChI is InChI=1S/C25H24O3/c1-3-10-23-24(27-17-20-11-6-4-7-12-20)16-15-22(19(2)26)25(23)28-18-21-13-8-5-9-14-21/h3-9,11-16H,1,10,17-18H2,2H3. The molecule has 0 saturated heterocycles. The minimum Gasteiger partial charge on any atom is -0.488 e. The minimum atomic E-state index is -0.0389. The molecule has 0 fully saturated rings. The first-order chi connectivity index (χ1) is 13.7. The molecule has 0 heterocycles. The van der Waals surface area contributed by atoms with Crippen LogP contribution in [0.25, 0.3) is 0 Å². The molecule has 0 unspecified atom stereocenters. The van der Waals surface area contributed by atoms with Crippen molar-refractivity contribution >= 4 is 5.78 Å². The van der Waals surface area contributed by atoms with Gasteiger partial charge in [-0.1, -0.05) is 66.7 Å². The van der Waals surface area contributed by atoms with Crippen molar-refractivity contribution in [1.29, 1.82) is 0 Å². The van der Waals surface area contributed by atoms with E-state index in [2.05, 4.69) is 6.58 Å². The van der Waals surface area contributed by atoms with Crippen LogP contribution in [0.2, 0.25) is 0 Å². The van der Waals surface area contributed by atoms with E-state index in [0.29, 0.717) is 36.7 Å². The lowest BCUT2D eigenvalue weighted by molar-refractivity contribution is 0.101. The van der Waals surface area contributed by atoms with Gasteiger partial charge in [-0.25, -0.2) is 0 Å². The van der Waals surface area contributed by atoms with Crippen LogP contribution in [-0.4, -0.2) is 5.78 Å². The molecule has 28 heavy (non-hydrogen) atoms. The van der Waals surface area contributed by atoms with Crippen LogP contribution in [0.3, 0.4) is 0 Å². The van der Waals surface area contributed by atoms with Gasteiger partial charge < -0.3 is 9.47 Å². The summed E-state index contributed by atoms with van der Waals surface area (Å²) >= 11 is 0. The third kappa shape index (κ3) is 4.89. The van der Waals surface area contributed by atoms with Crippen molar-refractivity contribution < 1.29 is 14.3 Å². The summed E-state index contributed by atoms with van der Waals surface area (Å²) in [6, 6.07) is 23.5. The van der Waals surface area contributed by atoms with Gasteiger partial charge in [-0.15, -0.1) is 6.58 Å². The summed E-state index contributed by atoms with van der Waals surface area (Å²) in [5.74, 6) is 1.24. The Hall–Kier alpha value is -3.33. The van der Waals surface area contributed by atoms with Gasteiger partial charge in [0.15, 0.2) is 5.78 Å². The first kappa shape index (κ1) is 19.4. The van der Waals surface area contributed by atoms with Crippen LogP contribution in [0.4, 0.5) is 0 Å². The van der Waals surface area contributed by atoms with Gasteiger partial charge in [-0.3, -0.25) is 4.79 Å². The van der Waals surface area contributed by atoms with Gasteiger partial charge >= 0.3 is 0 Å². The van der Waals surface area contributed by atoms with E-state index in [-0.39, 0.29) is 5.78 Å². The quantitative estimate of drug-likeness (QED) is 0.353. The Balaban J connectivity index is 1.91. The molecule has 0 spiro atoms. The van der Waals surface area contributed by atoms with Crippen LogP contribution in [-0.2, 0) is 19.6 Å². The van der Waals surface area contributed by atoms with E-state index in [1.54, 1.807) is 19.1 Å². The SMILES string of the molecule is C=CCc1c(OCc2ccccc2)ccc(C(C)=O)c1OCc1ccccc1. The fourth-order valence-corrected chi connectivity index (χ4v) is 2.99. The van der Waals surface area contributed by atoms with Crippen molar-refractivity contribution in [3.05, 3.63) is 108 Å². The number of hydrogen-bond acceptors (Lipinski definition) is 3. The molecule has 142 valence electrons. The van der Waals surface area contributed by atoms with E-state index in [4.69, 9.17) is 9.47 Å². The van der Waals surface area contributed by atoms with Gasteiger partial charge in [-0.2, -0.15) is 0 Å². The smallest absolute Gasteiger partial charge is 0.163 e. The number of rotatable bonds is 9. The first-order valence-electron chi connectivity index (χ1n) is 9.30. The molecule has 0 aliphatic rings. The average molecular weight is 372 g/mol. The summed E-state index contributed by atoms with van der Waals surface area (Å²) in [6.07, 6.45) is 2.35. The topological polar surface area (TPSA) is 35.5 Å². The lowest BCUT2D eigenvalue weighted by Gasteiger charge is -2.18. The monoisotopic (exact) mass is 372 g/mol. The molecule has 3 heteroatoms. The normalized spacial score (nSPS) is 10.3. The maximum Gasteiger partial charge on any atom is 0.163 e. The summed E-state index contributed by atoms with van der Waals surface area (Å²) in [7, 11) is 0. The zero-order valence-electron chi connectivity index (χ0n) is 16.1. The predicted octanol–water partition coefficient (Wildman–Crippen LogP) is 5.78. The van der Waals surface area contributed by atoms with Crippen LogP contribution in [0.15, 0.2) is 85.5 Å². The van der Waals surface area contributed by atoms with E-state index < -0.39 is 0 Å². The van der Waals surface area contributed by atoms with E-state index in [1.165, 1.54) is 0 Å². The number of benzene rings is 3. The second-order valence-corrected chi connectivity index (χ2v) is 6.52. The van der Waals surface area contributed by atoms with E-state index in [0.717, 1.165) is 16.7 Å². The molecule has 0 bridgehead atoms. The van der Waals surface area contributed by atoms with Crippen LogP contribution < -0.4 is 9.47 Å². The molecule has 0 N–H and O–H groups in total. The largest absolute Gasteiger partial charge is 0.488 e. The fourth-order valence-electron chi connectivity index (χ4n) is 2.99. The molecule has 0 aromatic heterocycles. The molecular formula is C25H24O3. The first-order valence-corrected chi connectivity index (χ1v) is 9.30.